The lowest BCUT2D eigenvalue weighted by Gasteiger charge is -2.19. The van der Waals surface area contributed by atoms with Crippen LogP contribution in [0.3, 0.4) is 0 Å². The number of nitrogens with two attached hydrogens (primary N) is 1. The molecule has 0 aliphatic heterocycles. The number of hydrogen-bond donors (Lipinski definition) is 2. The zero-order valence-corrected chi connectivity index (χ0v) is 5.52. The summed E-state index contributed by atoms with van der Waals surface area (Å²) >= 11 is 0. The van der Waals surface area contributed by atoms with Gasteiger partial charge in [-0.2, -0.15) is 0 Å². The summed E-state index contributed by atoms with van der Waals surface area (Å²) in [7, 11) is 0. The van der Waals surface area contributed by atoms with Gasteiger partial charge in [0.05, 0.1) is 18.1 Å². The summed E-state index contributed by atoms with van der Waals surface area (Å²) in [5, 5.41) is 28.4. The largest absolute Gasteiger partial charge is 0.550 e. The molecule has 1 unspecified atom stereocenters. The maximum absolute atomic E-state index is 9.91. The molecule has 2 atom stereocenters. The highest BCUT2D eigenvalue weighted by Crippen LogP contribution is 1.93. The molecule has 0 fully saturated rings. The molecule has 0 amide bonds. The van der Waals surface area contributed by atoms with E-state index in [1.165, 1.54) is 0 Å². The van der Waals surface area contributed by atoms with Gasteiger partial charge in [0.1, 0.15) is 0 Å². The fraction of sp³-hybridized carbons (Fsp3) is 0.600. The Morgan fingerprint density at radius 3 is 2.18 bits per heavy atom. The second-order valence-corrected chi connectivity index (χ2v) is 1.99. The molecule has 3 N–H and O–H groups in total. The molecule has 0 aromatic carbocycles. The van der Waals surface area contributed by atoms with Gasteiger partial charge in [-0.3, -0.25) is 0 Å². The first-order valence-electron chi connectivity index (χ1n) is 2.79. The topological polar surface area (TPSA) is 127 Å². The normalized spacial score (nSPS) is 15.5. The van der Waals surface area contributed by atoms with E-state index in [9.17, 15) is 19.8 Å². The highest BCUT2D eigenvalue weighted by molar-refractivity contribution is 5.73. The molecule has 0 heterocycles. The van der Waals surface area contributed by atoms with E-state index in [0.29, 0.717) is 0 Å². The van der Waals surface area contributed by atoms with Crippen molar-refractivity contribution in [2.45, 2.75) is 18.6 Å². The van der Waals surface area contributed by atoms with Crippen LogP contribution in [0, 0.1) is 0 Å². The van der Waals surface area contributed by atoms with E-state index < -0.39 is 30.5 Å². The zero-order chi connectivity index (χ0) is 9.02. The summed E-state index contributed by atoms with van der Waals surface area (Å²) in [5.41, 5.74) is 4.81. The van der Waals surface area contributed by atoms with E-state index >= 15 is 0 Å². The average Bonchev–Trinajstić information content (AvgIpc) is 1.84. The Bertz CT molecular complexity index is 168. The van der Waals surface area contributed by atoms with E-state index in [1.807, 2.05) is 0 Å². The SMILES string of the molecule is N[C@H](C(=O)[O-])C(O)CC(=O)[O-]. The second-order valence-electron chi connectivity index (χ2n) is 1.99. The van der Waals surface area contributed by atoms with Crippen molar-refractivity contribution in [1.82, 2.24) is 0 Å². The summed E-state index contributed by atoms with van der Waals surface area (Å²) in [6, 6.07) is -1.69. The summed E-state index contributed by atoms with van der Waals surface area (Å²) in [5.74, 6) is -3.26. The zero-order valence-electron chi connectivity index (χ0n) is 5.52. The molecule has 0 aliphatic rings. The first kappa shape index (κ1) is 9.86. The molecule has 0 rings (SSSR count). The fourth-order valence-electron chi connectivity index (χ4n) is 0.455. The van der Waals surface area contributed by atoms with Crippen molar-refractivity contribution in [2.75, 3.05) is 0 Å². The molecule has 0 aromatic heterocycles. The Balaban J connectivity index is 3.92. The molecule has 0 bridgehead atoms. The van der Waals surface area contributed by atoms with Crippen LogP contribution in [-0.4, -0.2) is 29.2 Å². The van der Waals surface area contributed by atoms with E-state index in [2.05, 4.69) is 0 Å². The van der Waals surface area contributed by atoms with Crippen LogP contribution < -0.4 is 15.9 Å². The number of carbonyl (C=O) groups excluding carboxylic acids is 2. The maximum atomic E-state index is 9.91. The van der Waals surface area contributed by atoms with Gasteiger partial charge in [-0.15, -0.1) is 0 Å². The molecule has 0 aromatic rings. The minimum Gasteiger partial charge on any atom is -0.550 e. The Kier molecular flexibility index (Phi) is 3.49. The first-order chi connectivity index (χ1) is 4.95. The lowest BCUT2D eigenvalue weighted by Crippen LogP contribution is -2.51. The van der Waals surface area contributed by atoms with Crippen molar-refractivity contribution < 1.29 is 24.9 Å². The minimum atomic E-state index is -1.70. The van der Waals surface area contributed by atoms with Crippen LogP contribution >= 0.6 is 0 Å². The van der Waals surface area contributed by atoms with Gasteiger partial charge in [-0.25, -0.2) is 0 Å². The van der Waals surface area contributed by atoms with E-state index in [-0.39, 0.29) is 0 Å². The first-order valence-corrected chi connectivity index (χ1v) is 2.79. The number of carboxylic acid groups (broad SMARTS) is 2. The molecule has 11 heavy (non-hydrogen) atoms. The third-order valence-electron chi connectivity index (χ3n) is 1.06. The van der Waals surface area contributed by atoms with Crippen LogP contribution in [0.5, 0.6) is 0 Å². The predicted octanol–water partition coefficient (Wildman–Crippen LogP) is -4.44. The van der Waals surface area contributed by atoms with Crippen LogP contribution in [0.1, 0.15) is 6.42 Å². The fourth-order valence-corrected chi connectivity index (χ4v) is 0.455. The van der Waals surface area contributed by atoms with E-state index in [1.54, 1.807) is 0 Å². The van der Waals surface area contributed by atoms with Gasteiger partial charge < -0.3 is 30.6 Å². The molecule has 0 saturated heterocycles. The monoisotopic (exact) mass is 161 g/mol. The van der Waals surface area contributed by atoms with Crippen molar-refractivity contribution in [3.05, 3.63) is 0 Å². The minimum absolute atomic E-state index is 0.810. The highest BCUT2D eigenvalue weighted by Gasteiger charge is 2.15. The molecule has 64 valence electrons. The van der Waals surface area contributed by atoms with E-state index in [4.69, 9.17) is 10.8 Å². The Hall–Kier alpha value is -1.14. The van der Waals surface area contributed by atoms with Crippen LogP contribution in [0.2, 0.25) is 0 Å². The molecule has 0 spiro atoms. The average molecular weight is 161 g/mol. The molecule has 6 heteroatoms. The molecule has 6 nitrogen and oxygen atoms in total. The number of hydrogen-bond acceptors (Lipinski definition) is 6. The number of aliphatic carboxylic acids is 2. The standard InChI is InChI=1S/C5H9NO5/c6-4(5(10)11)2(7)1-3(8)9/h2,4,7H,1,6H2,(H,8,9)(H,10,11)/p-2/t2?,4-/m0/s1. The number of aliphatic hydroxyl groups excluding tert-OH is 1. The molecule has 0 saturated carbocycles. The number of aliphatic hydroxyl groups is 1. The third kappa shape index (κ3) is 3.54. The molecular weight excluding hydrogens is 154 g/mol. The van der Waals surface area contributed by atoms with Gasteiger partial charge >= 0.3 is 0 Å². The van der Waals surface area contributed by atoms with Gasteiger partial charge in [-0.1, -0.05) is 0 Å². The highest BCUT2D eigenvalue weighted by atomic mass is 16.4. The van der Waals surface area contributed by atoms with Crippen LogP contribution in [-0.2, 0) is 9.59 Å². The molecule has 0 aliphatic carbocycles. The maximum Gasteiger partial charge on any atom is 0.0796 e. The quantitative estimate of drug-likeness (QED) is 0.428. The van der Waals surface area contributed by atoms with Crippen molar-refractivity contribution in [2.24, 2.45) is 5.73 Å². The Morgan fingerprint density at radius 1 is 1.45 bits per heavy atom. The predicted molar refractivity (Wildman–Crippen MR) is 28.6 cm³/mol. The lowest BCUT2D eigenvalue weighted by molar-refractivity contribution is -0.312. The molecule has 0 radical (unpaired) electrons. The van der Waals surface area contributed by atoms with Crippen molar-refractivity contribution in [3.63, 3.8) is 0 Å². The summed E-state index contributed by atoms with van der Waals surface area (Å²) < 4.78 is 0. The number of rotatable bonds is 4. The van der Waals surface area contributed by atoms with Gasteiger partial charge in [0.2, 0.25) is 0 Å². The number of carboxylic acids is 2. The van der Waals surface area contributed by atoms with Gasteiger partial charge in [-0.05, 0) is 0 Å². The summed E-state index contributed by atoms with van der Waals surface area (Å²) in [4.78, 5) is 19.7. The van der Waals surface area contributed by atoms with Gasteiger partial charge in [0.15, 0.2) is 0 Å². The van der Waals surface area contributed by atoms with Crippen molar-refractivity contribution >= 4 is 11.9 Å². The third-order valence-corrected chi connectivity index (χ3v) is 1.06. The Labute approximate surface area is 62.2 Å². The lowest BCUT2D eigenvalue weighted by atomic mass is 10.1. The van der Waals surface area contributed by atoms with E-state index in [0.717, 1.165) is 0 Å². The molecular formula is C5H7NO5-2. The van der Waals surface area contributed by atoms with Gasteiger partial charge in [0, 0.05) is 12.4 Å². The second kappa shape index (κ2) is 3.89. The Morgan fingerprint density at radius 2 is 1.91 bits per heavy atom. The van der Waals surface area contributed by atoms with Gasteiger partial charge in [0.25, 0.3) is 0 Å². The van der Waals surface area contributed by atoms with Crippen molar-refractivity contribution in [1.29, 1.82) is 0 Å². The van der Waals surface area contributed by atoms with Crippen molar-refractivity contribution in [3.8, 4) is 0 Å². The number of carbonyl (C=O) groups is 2. The van der Waals surface area contributed by atoms with Crippen LogP contribution in [0.15, 0.2) is 0 Å². The van der Waals surface area contributed by atoms with Crippen LogP contribution in [0.4, 0.5) is 0 Å². The summed E-state index contributed by atoms with van der Waals surface area (Å²) in [6.07, 6.45) is -2.47. The van der Waals surface area contributed by atoms with Crippen LogP contribution in [0.25, 0.3) is 0 Å². The summed E-state index contributed by atoms with van der Waals surface area (Å²) in [6.45, 7) is 0. The smallest absolute Gasteiger partial charge is 0.0796 e.